The summed E-state index contributed by atoms with van der Waals surface area (Å²) in [6.07, 6.45) is 1.60. The molecule has 5 rings (SSSR count). The Morgan fingerprint density at radius 3 is 2.49 bits per heavy atom. The number of rotatable bonds is 7. The molecule has 37 heavy (non-hydrogen) atoms. The number of amides is 1. The highest BCUT2D eigenvalue weighted by molar-refractivity contribution is 6.32. The molecule has 4 aromatic rings. The molecule has 1 aliphatic heterocycles. The van der Waals surface area contributed by atoms with E-state index in [1.807, 2.05) is 0 Å². The summed E-state index contributed by atoms with van der Waals surface area (Å²) in [6, 6.07) is 12.6. The van der Waals surface area contributed by atoms with Crippen molar-refractivity contribution in [2.24, 2.45) is 0 Å². The van der Waals surface area contributed by atoms with E-state index in [-0.39, 0.29) is 33.9 Å². The smallest absolute Gasteiger partial charge is 0.295 e. The lowest BCUT2D eigenvalue weighted by molar-refractivity contribution is 0.0971. The van der Waals surface area contributed by atoms with E-state index < -0.39 is 23.2 Å². The minimum atomic E-state index is -0.918. The molecule has 1 aromatic heterocycles. The van der Waals surface area contributed by atoms with Crippen molar-refractivity contribution in [3.05, 3.63) is 105 Å². The Balaban J connectivity index is 1.76. The normalized spacial score (nSPS) is 14.5. The van der Waals surface area contributed by atoms with Crippen LogP contribution in [0.3, 0.4) is 0 Å². The third kappa shape index (κ3) is 4.09. The second-order valence-corrected chi connectivity index (χ2v) is 8.63. The number of fused-ring (bicyclic) bond motifs is 2. The highest BCUT2D eigenvalue weighted by Crippen LogP contribution is 2.44. The highest BCUT2D eigenvalue weighted by atomic mass is 35.5. The molecule has 188 valence electrons. The second-order valence-electron chi connectivity index (χ2n) is 8.22. The maximum absolute atomic E-state index is 14.0. The van der Waals surface area contributed by atoms with E-state index in [9.17, 15) is 14.0 Å². The van der Waals surface area contributed by atoms with E-state index in [4.69, 9.17) is 30.2 Å². The summed E-state index contributed by atoms with van der Waals surface area (Å²) in [5.41, 5.74) is 0.634. The van der Waals surface area contributed by atoms with Crippen LogP contribution in [0.4, 0.5) is 10.1 Å². The molecule has 0 spiro atoms. The third-order valence-corrected chi connectivity index (χ3v) is 6.40. The predicted molar refractivity (Wildman–Crippen MR) is 138 cm³/mol. The fourth-order valence-corrected chi connectivity index (χ4v) is 4.71. The fourth-order valence-electron chi connectivity index (χ4n) is 4.45. The number of nitrogens with zero attached hydrogens (tertiary/aromatic N) is 1. The summed E-state index contributed by atoms with van der Waals surface area (Å²) >= 11 is 6.38. The van der Waals surface area contributed by atoms with Gasteiger partial charge in [-0.1, -0.05) is 30.3 Å². The average molecular weight is 522 g/mol. The van der Waals surface area contributed by atoms with Gasteiger partial charge in [0.1, 0.15) is 23.8 Å². The van der Waals surface area contributed by atoms with Crippen LogP contribution in [-0.2, 0) is 0 Å². The quantitative estimate of drug-likeness (QED) is 0.281. The Morgan fingerprint density at radius 1 is 1.03 bits per heavy atom. The average Bonchev–Trinajstić information content (AvgIpc) is 3.20. The van der Waals surface area contributed by atoms with Gasteiger partial charge in [0.05, 0.1) is 36.2 Å². The van der Waals surface area contributed by atoms with Crippen molar-refractivity contribution in [3.8, 4) is 17.2 Å². The number of benzene rings is 3. The first-order valence-corrected chi connectivity index (χ1v) is 11.6. The second kappa shape index (κ2) is 9.63. The van der Waals surface area contributed by atoms with Crippen LogP contribution in [0.1, 0.15) is 27.7 Å². The number of carbonyl (C=O) groups is 1. The van der Waals surface area contributed by atoms with Gasteiger partial charge in [0.2, 0.25) is 5.76 Å². The fraction of sp³-hybridized carbons (Fsp3) is 0.143. The van der Waals surface area contributed by atoms with Gasteiger partial charge in [-0.25, -0.2) is 4.39 Å². The minimum Gasteiger partial charge on any atom is -0.495 e. The van der Waals surface area contributed by atoms with Crippen LogP contribution in [0, 0.1) is 5.82 Å². The van der Waals surface area contributed by atoms with E-state index in [1.165, 1.54) is 31.3 Å². The van der Waals surface area contributed by atoms with Crippen molar-refractivity contribution in [1.29, 1.82) is 0 Å². The van der Waals surface area contributed by atoms with E-state index in [0.29, 0.717) is 28.5 Å². The zero-order valence-electron chi connectivity index (χ0n) is 19.9. The molecular weight excluding hydrogens is 501 g/mol. The van der Waals surface area contributed by atoms with Crippen molar-refractivity contribution in [2.75, 3.05) is 25.7 Å². The zero-order chi connectivity index (χ0) is 26.3. The first kappa shape index (κ1) is 24.4. The first-order chi connectivity index (χ1) is 17.9. The van der Waals surface area contributed by atoms with Gasteiger partial charge in [0, 0.05) is 5.69 Å². The molecule has 0 bridgehead atoms. The summed E-state index contributed by atoms with van der Waals surface area (Å²) in [7, 11) is 2.97. The molecule has 3 aromatic carbocycles. The Morgan fingerprint density at radius 2 is 1.78 bits per heavy atom. The molecule has 0 aliphatic carbocycles. The molecular formula is C28H21ClFNO6. The molecule has 0 N–H and O–H groups in total. The van der Waals surface area contributed by atoms with Crippen LogP contribution < -0.4 is 24.5 Å². The van der Waals surface area contributed by atoms with E-state index in [1.54, 1.807) is 42.5 Å². The lowest BCUT2D eigenvalue weighted by atomic mass is 9.97. The summed E-state index contributed by atoms with van der Waals surface area (Å²) in [5.74, 6) is 0.00536. The number of hydrogen-bond acceptors (Lipinski definition) is 6. The van der Waals surface area contributed by atoms with E-state index in [0.717, 1.165) is 6.07 Å². The number of methoxy groups -OCH3 is 2. The minimum absolute atomic E-state index is 0.0315. The molecule has 2 heterocycles. The van der Waals surface area contributed by atoms with E-state index in [2.05, 4.69) is 6.58 Å². The summed E-state index contributed by atoms with van der Waals surface area (Å²) in [4.78, 5) is 28.9. The molecule has 9 heteroatoms. The predicted octanol–water partition coefficient (Wildman–Crippen LogP) is 5.92. The van der Waals surface area contributed by atoms with Gasteiger partial charge < -0.3 is 18.6 Å². The van der Waals surface area contributed by atoms with Crippen LogP contribution >= 0.6 is 11.6 Å². The van der Waals surface area contributed by atoms with Gasteiger partial charge in [0.15, 0.2) is 16.9 Å². The standard InChI is InChI=1S/C28H21ClFNO6/c1-4-11-36-22-8-5-15(12-23(22)35-3)25-24-26(32)18-13-16(30)6-9-20(18)37-27(24)28(33)31(25)17-7-10-21(34-2)19(29)14-17/h4-10,12-14,25H,1,11H2,2-3H3. The maximum atomic E-state index is 14.0. The number of carbonyl (C=O) groups excluding carboxylic acids is 1. The maximum Gasteiger partial charge on any atom is 0.295 e. The van der Waals surface area contributed by atoms with Gasteiger partial charge in [-0.3, -0.25) is 14.5 Å². The molecule has 1 amide bonds. The molecule has 1 aliphatic rings. The monoisotopic (exact) mass is 521 g/mol. The van der Waals surface area contributed by atoms with Gasteiger partial charge in [0.25, 0.3) is 5.91 Å². The third-order valence-electron chi connectivity index (χ3n) is 6.11. The van der Waals surface area contributed by atoms with Crippen molar-refractivity contribution in [3.63, 3.8) is 0 Å². The summed E-state index contributed by atoms with van der Waals surface area (Å²) in [5, 5.41) is 0.309. The Kier molecular flexibility index (Phi) is 6.35. The Bertz CT molecular complexity index is 1610. The summed E-state index contributed by atoms with van der Waals surface area (Å²) < 4.78 is 36.3. The molecule has 0 saturated heterocycles. The van der Waals surface area contributed by atoms with Crippen molar-refractivity contribution in [2.45, 2.75) is 6.04 Å². The van der Waals surface area contributed by atoms with Gasteiger partial charge in [-0.2, -0.15) is 0 Å². The Labute approximate surface area is 216 Å². The number of hydrogen-bond donors (Lipinski definition) is 0. The largest absolute Gasteiger partial charge is 0.495 e. The number of ether oxygens (including phenoxy) is 3. The summed E-state index contributed by atoms with van der Waals surface area (Å²) in [6.45, 7) is 3.91. The first-order valence-electron chi connectivity index (χ1n) is 11.2. The van der Waals surface area contributed by atoms with Gasteiger partial charge in [-0.05, 0) is 54.1 Å². The molecule has 1 atom stereocenters. The lowest BCUT2D eigenvalue weighted by Gasteiger charge is -2.26. The topological polar surface area (TPSA) is 78.2 Å². The lowest BCUT2D eigenvalue weighted by Crippen LogP contribution is -2.29. The van der Waals surface area contributed by atoms with Crippen LogP contribution in [0.2, 0.25) is 5.02 Å². The molecule has 0 radical (unpaired) electrons. The number of anilines is 1. The molecule has 1 unspecified atom stereocenters. The number of halogens is 2. The van der Waals surface area contributed by atoms with Gasteiger partial charge >= 0.3 is 0 Å². The van der Waals surface area contributed by atoms with Crippen molar-refractivity contribution < 1.29 is 27.8 Å². The molecule has 0 saturated carbocycles. The van der Waals surface area contributed by atoms with Crippen LogP contribution in [0.25, 0.3) is 11.0 Å². The highest BCUT2D eigenvalue weighted by Gasteiger charge is 2.44. The van der Waals surface area contributed by atoms with Crippen molar-refractivity contribution >= 4 is 34.2 Å². The van der Waals surface area contributed by atoms with Crippen LogP contribution in [0.5, 0.6) is 17.2 Å². The molecule has 0 fully saturated rings. The SMILES string of the molecule is C=CCOc1ccc(C2c3c(oc4ccc(F)cc4c3=O)C(=O)N2c2ccc(OC)c(Cl)c2)cc1OC. The van der Waals surface area contributed by atoms with E-state index >= 15 is 0 Å². The van der Waals surface area contributed by atoms with Gasteiger partial charge in [-0.15, -0.1) is 0 Å². The van der Waals surface area contributed by atoms with Crippen LogP contribution in [0.15, 0.2) is 76.5 Å². The molecule has 7 nitrogen and oxygen atoms in total. The van der Waals surface area contributed by atoms with Crippen molar-refractivity contribution in [1.82, 2.24) is 0 Å². The zero-order valence-corrected chi connectivity index (χ0v) is 20.7. The Hall–Kier alpha value is -4.30. The van der Waals surface area contributed by atoms with Crippen LogP contribution in [-0.4, -0.2) is 26.7 Å².